The van der Waals surface area contributed by atoms with E-state index < -0.39 is 0 Å². The highest BCUT2D eigenvalue weighted by Gasteiger charge is 2.29. The lowest BCUT2D eigenvalue weighted by molar-refractivity contribution is 0.709. The molecule has 3 heteroatoms. The van der Waals surface area contributed by atoms with Crippen LogP contribution in [0.15, 0.2) is 113 Å². The third kappa shape index (κ3) is 4.63. The van der Waals surface area contributed by atoms with Crippen LogP contribution >= 0.6 is 0 Å². The van der Waals surface area contributed by atoms with E-state index in [1.807, 2.05) is 12.3 Å². The Labute approximate surface area is 195 Å². The van der Waals surface area contributed by atoms with Crippen molar-refractivity contribution in [2.45, 2.75) is 26.3 Å². The summed E-state index contributed by atoms with van der Waals surface area (Å²) in [6.07, 6.45) is 2.80. The Morgan fingerprint density at radius 2 is 1.48 bits per heavy atom. The molecule has 1 atom stereocenters. The number of benzene rings is 4. The predicted molar refractivity (Wildman–Crippen MR) is 139 cm³/mol. The van der Waals surface area contributed by atoms with Crippen molar-refractivity contribution in [1.29, 1.82) is 0 Å². The van der Waals surface area contributed by atoms with Crippen LogP contribution in [0.3, 0.4) is 0 Å². The van der Waals surface area contributed by atoms with Crippen LogP contribution in [0.4, 0.5) is 11.4 Å². The summed E-state index contributed by atoms with van der Waals surface area (Å²) < 4.78 is 0. The van der Waals surface area contributed by atoms with E-state index in [1.165, 1.54) is 22.3 Å². The molecule has 0 aliphatic carbocycles. The second kappa shape index (κ2) is 9.25. The van der Waals surface area contributed by atoms with Crippen molar-refractivity contribution >= 4 is 23.3 Å². The number of aliphatic imine (C=N–C) groups is 1. The van der Waals surface area contributed by atoms with E-state index in [4.69, 9.17) is 5.10 Å². The monoisotopic (exact) mass is 429 g/mol. The van der Waals surface area contributed by atoms with E-state index in [0.717, 1.165) is 29.1 Å². The van der Waals surface area contributed by atoms with Crippen LogP contribution in [-0.4, -0.2) is 11.9 Å². The summed E-state index contributed by atoms with van der Waals surface area (Å²) in [5.74, 6) is 0. The fraction of sp³-hybridized carbons (Fsp3) is 0.133. The molecule has 5 rings (SSSR count). The van der Waals surface area contributed by atoms with Gasteiger partial charge in [-0.1, -0.05) is 78.9 Å². The molecule has 0 saturated heterocycles. The lowest BCUT2D eigenvalue weighted by atomic mass is 9.98. The Balaban J connectivity index is 1.42. The summed E-state index contributed by atoms with van der Waals surface area (Å²) in [7, 11) is 0. The lowest BCUT2D eigenvalue weighted by Crippen LogP contribution is -2.18. The molecule has 0 bridgehead atoms. The number of hydrazone groups is 1. The fourth-order valence-electron chi connectivity index (χ4n) is 4.16. The summed E-state index contributed by atoms with van der Waals surface area (Å²) in [6, 6.07) is 36.0. The zero-order valence-corrected chi connectivity index (χ0v) is 19.0. The molecule has 3 nitrogen and oxygen atoms in total. The van der Waals surface area contributed by atoms with Crippen LogP contribution in [0, 0.1) is 13.8 Å². The maximum absolute atomic E-state index is 5.04. The van der Waals surface area contributed by atoms with Gasteiger partial charge in [-0.15, -0.1) is 0 Å². The Hall–Kier alpha value is -3.98. The van der Waals surface area contributed by atoms with Crippen LogP contribution in [0.1, 0.15) is 40.3 Å². The predicted octanol–water partition coefficient (Wildman–Crippen LogP) is 7.41. The van der Waals surface area contributed by atoms with Gasteiger partial charge in [-0.2, -0.15) is 5.10 Å². The number of hydrogen-bond acceptors (Lipinski definition) is 3. The topological polar surface area (TPSA) is 28.0 Å². The molecule has 1 heterocycles. The van der Waals surface area contributed by atoms with Crippen molar-refractivity contribution in [2.75, 3.05) is 5.01 Å². The summed E-state index contributed by atoms with van der Waals surface area (Å²) in [5, 5.41) is 7.20. The van der Waals surface area contributed by atoms with E-state index >= 15 is 0 Å². The highest BCUT2D eigenvalue weighted by atomic mass is 15.5. The van der Waals surface area contributed by atoms with E-state index in [0.29, 0.717) is 0 Å². The zero-order valence-electron chi connectivity index (χ0n) is 19.0. The van der Waals surface area contributed by atoms with Crippen LogP contribution in [0.2, 0.25) is 0 Å². The van der Waals surface area contributed by atoms with Crippen LogP contribution in [0.5, 0.6) is 0 Å². The van der Waals surface area contributed by atoms with Gasteiger partial charge >= 0.3 is 0 Å². The van der Waals surface area contributed by atoms with Gasteiger partial charge in [-0.3, -0.25) is 10.0 Å². The molecule has 4 aromatic rings. The molecule has 0 aromatic heterocycles. The van der Waals surface area contributed by atoms with Gasteiger partial charge in [0.15, 0.2) is 0 Å². The van der Waals surface area contributed by atoms with Gasteiger partial charge in [-0.05, 0) is 65.9 Å². The molecule has 0 unspecified atom stereocenters. The van der Waals surface area contributed by atoms with Gasteiger partial charge in [0.25, 0.3) is 0 Å². The van der Waals surface area contributed by atoms with Crippen molar-refractivity contribution < 1.29 is 0 Å². The van der Waals surface area contributed by atoms with Crippen molar-refractivity contribution in [3.63, 3.8) is 0 Å². The molecule has 0 spiro atoms. The average molecular weight is 430 g/mol. The maximum Gasteiger partial charge on any atom is 0.0831 e. The zero-order chi connectivity index (χ0) is 22.6. The highest BCUT2D eigenvalue weighted by molar-refractivity contribution is 6.03. The molecule has 0 N–H and O–H groups in total. The summed E-state index contributed by atoms with van der Waals surface area (Å²) in [4.78, 5) is 4.65. The second-order valence-corrected chi connectivity index (χ2v) is 8.51. The van der Waals surface area contributed by atoms with Gasteiger partial charge in [0, 0.05) is 12.6 Å². The Kier molecular flexibility index (Phi) is 5.86. The Morgan fingerprint density at radius 3 is 2.18 bits per heavy atom. The third-order valence-electron chi connectivity index (χ3n) is 6.21. The summed E-state index contributed by atoms with van der Waals surface area (Å²) in [6.45, 7) is 4.24. The number of hydrogen-bond donors (Lipinski definition) is 0. The molecule has 4 aromatic carbocycles. The number of rotatable bonds is 5. The molecule has 1 aliphatic heterocycles. The standard InChI is InChI=1S/C30H27N3/c1-22-13-16-27(19-23(22)2)31-21-24-14-17-28(18-15-24)33-30(26-11-7-4-8-12-26)20-29(32-33)25-9-5-3-6-10-25/h3-19,21,30H,20H2,1-2H3/t30-/m1/s1. The average Bonchev–Trinajstić information content (AvgIpc) is 3.32. The normalized spacial score (nSPS) is 15.8. The van der Waals surface area contributed by atoms with E-state index in [2.05, 4.69) is 121 Å². The van der Waals surface area contributed by atoms with E-state index in [9.17, 15) is 0 Å². The summed E-state index contributed by atoms with van der Waals surface area (Å²) >= 11 is 0. The van der Waals surface area contributed by atoms with Crippen LogP contribution in [-0.2, 0) is 0 Å². The molecule has 0 radical (unpaired) electrons. The van der Waals surface area contributed by atoms with Crippen molar-refractivity contribution in [1.82, 2.24) is 0 Å². The minimum atomic E-state index is 0.177. The van der Waals surface area contributed by atoms with Crippen LogP contribution in [0.25, 0.3) is 0 Å². The molecule has 1 aliphatic rings. The second-order valence-electron chi connectivity index (χ2n) is 8.51. The minimum absolute atomic E-state index is 0.177. The smallest absolute Gasteiger partial charge is 0.0831 e. The van der Waals surface area contributed by atoms with E-state index in [1.54, 1.807) is 0 Å². The maximum atomic E-state index is 5.04. The van der Waals surface area contributed by atoms with Crippen molar-refractivity contribution in [2.24, 2.45) is 10.1 Å². The largest absolute Gasteiger partial charge is 0.257 e. The molecule has 33 heavy (non-hydrogen) atoms. The van der Waals surface area contributed by atoms with Gasteiger partial charge in [-0.25, -0.2) is 0 Å². The highest BCUT2D eigenvalue weighted by Crippen LogP contribution is 2.36. The first-order valence-corrected chi connectivity index (χ1v) is 11.4. The van der Waals surface area contributed by atoms with Crippen molar-refractivity contribution in [3.8, 4) is 0 Å². The van der Waals surface area contributed by atoms with Gasteiger partial charge in [0.05, 0.1) is 23.1 Å². The molecule has 162 valence electrons. The molecular weight excluding hydrogens is 402 g/mol. The number of aryl methyl sites for hydroxylation is 2. The van der Waals surface area contributed by atoms with Crippen LogP contribution < -0.4 is 5.01 Å². The third-order valence-corrected chi connectivity index (χ3v) is 6.21. The molecule has 0 saturated carbocycles. The number of anilines is 1. The van der Waals surface area contributed by atoms with Crippen molar-refractivity contribution in [3.05, 3.63) is 131 Å². The summed E-state index contributed by atoms with van der Waals surface area (Å²) in [5.41, 5.74) is 9.23. The lowest BCUT2D eigenvalue weighted by Gasteiger charge is -2.24. The van der Waals surface area contributed by atoms with Gasteiger partial charge in [0.1, 0.15) is 0 Å². The number of nitrogens with zero attached hydrogens (tertiary/aromatic N) is 3. The molecular formula is C30H27N3. The first-order chi connectivity index (χ1) is 16.2. The first kappa shape index (κ1) is 20.9. The Bertz CT molecular complexity index is 1290. The van der Waals surface area contributed by atoms with Gasteiger partial charge in [0.2, 0.25) is 0 Å². The van der Waals surface area contributed by atoms with Gasteiger partial charge < -0.3 is 0 Å². The minimum Gasteiger partial charge on any atom is -0.257 e. The van der Waals surface area contributed by atoms with E-state index in [-0.39, 0.29) is 6.04 Å². The Morgan fingerprint density at radius 1 is 0.788 bits per heavy atom. The SMILES string of the molecule is Cc1ccc(N=Cc2ccc(N3N=C(c4ccccc4)C[C@@H]3c3ccccc3)cc2)cc1C. The molecule has 0 amide bonds. The quantitative estimate of drug-likeness (QED) is 0.304. The fourth-order valence-corrected chi connectivity index (χ4v) is 4.16. The first-order valence-electron chi connectivity index (χ1n) is 11.4. The molecule has 0 fully saturated rings.